The number of hydrogen-bond donors (Lipinski definition) is 0. The van der Waals surface area contributed by atoms with E-state index in [4.69, 9.17) is 4.74 Å². The van der Waals surface area contributed by atoms with Crippen molar-refractivity contribution in [3.8, 4) is 0 Å². The largest absolute Gasteiger partial charge is 0.469 e. The number of carbonyl (C=O) groups is 1. The smallest absolute Gasteiger partial charge is 0.313 e. The minimum absolute atomic E-state index is 0.0146. The van der Waals surface area contributed by atoms with E-state index < -0.39 is 5.41 Å². The molecule has 0 amide bonds. The summed E-state index contributed by atoms with van der Waals surface area (Å²) in [6.07, 6.45) is 0. The minimum atomic E-state index is -0.597. The first-order chi connectivity index (χ1) is 8.71. The van der Waals surface area contributed by atoms with E-state index in [1.54, 1.807) is 0 Å². The van der Waals surface area contributed by atoms with Gasteiger partial charge in [-0.15, -0.1) is 0 Å². The molecule has 1 aromatic carbocycles. The molecule has 0 aliphatic rings. The topological polar surface area (TPSA) is 29.5 Å². The Balaban J connectivity index is 3.28. The molecule has 19 heavy (non-hydrogen) atoms. The number of rotatable bonds is 4. The van der Waals surface area contributed by atoms with Crippen LogP contribution in [0, 0.1) is 19.3 Å². The highest BCUT2D eigenvalue weighted by atomic mass is 16.5. The summed E-state index contributed by atoms with van der Waals surface area (Å²) in [5.41, 5.74) is 3.05. The van der Waals surface area contributed by atoms with Crippen molar-refractivity contribution in [3.63, 3.8) is 0 Å². The zero-order valence-corrected chi connectivity index (χ0v) is 13.1. The monoisotopic (exact) mass is 263 g/mol. The fraction of sp³-hybridized carbons (Fsp3) is 0.562. The number of methoxy groups -OCH3 is 1. The van der Waals surface area contributed by atoms with Crippen LogP contribution in [-0.4, -0.2) is 32.1 Å². The van der Waals surface area contributed by atoms with Crippen molar-refractivity contribution in [3.05, 3.63) is 34.9 Å². The maximum absolute atomic E-state index is 12.1. The van der Waals surface area contributed by atoms with Crippen molar-refractivity contribution in [1.82, 2.24) is 4.90 Å². The molecular weight excluding hydrogens is 238 g/mol. The van der Waals surface area contributed by atoms with Gasteiger partial charge < -0.3 is 9.64 Å². The second kappa shape index (κ2) is 5.74. The van der Waals surface area contributed by atoms with E-state index in [0.717, 1.165) is 5.56 Å². The summed E-state index contributed by atoms with van der Waals surface area (Å²) >= 11 is 0. The number of hydrogen-bond acceptors (Lipinski definition) is 3. The maximum Gasteiger partial charge on any atom is 0.313 e. The number of nitrogens with zero attached hydrogens (tertiary/aromatic N) is 1. The summed E-state index contributed by atoms with van der Waals surface area (Å²) in [5.74, 6) is -0.190. The second-order valence-corrected chi connectivity index (χ2v) is 5.92. The summed E-state index contributed by atoms with van der Waals surface area (Å²) in [4.78, 5) is 14.1. The van der Waals surface area contributed by atoms with E-state index >= 15 is 0 Å². The van der Waals surface area contributed by atoms with Crippen molar-refractivity contribution < 1.29 is 9.53 Å². The Morgan fingerprint density at radius 3 is 2.21 bits per heavy atom. The molecule has 0 aliphatic carbocycles. The Morgan fingerprint density at radius 1 is 1.21 bits per heavy atom. The van der Waals surface area contributed by atoms with Gasteiger partial charge >= 0.3 is 5.97 Å². The fourth-order valence-corrected chi connectivity index (χ4v) is 2.67. The van der Waals surface area contributed by atoms with Gasteiger partial charge in [-0.05, 0) is 58.5 Å². The highest BCUT2D eigenvalue weighted by molar-refractivity contribution is 5.77. The third-order valence-corrected chi connectivity index (χ3v) is 3.76. The first-order valence-electron chi connectivity index (χ1n) is 6.53. The van der Waals surface area contributed by atoms with Crippen LogP contribution < -0.4 is 0 Å². The van der Waals surface area contributed by atoms with Gasteiger partial charge in [-0.3, -0.25) is 4.79 Å². The molecule has 0 aliphatic heterocycles. The molecule has 106 valence electrons. The van der Waals surface area contributed by atoms with Crippen LogP contribution in [-0.2, 0) is 9.53 Å². The lowest BCUT2D eigenvalue weighted by atomic mass is 9.79. The maximum atomic E-state index is 12.1. The Kier molecular flexibility index (Phi) is 4.75. The van der Waals surface area contributed by atoms with E-state index in [1.165, 1.54) is 18.2 Å². The molecule has 0 bridgehead atoms. The Labute approximate surface area is 116 Å². The lowest BCUT2D eigenvalue weighted by Crippen LogP contribution is -2.40. The average Bonchev–Trinajstić information content (AvgIpc) is 2.32. The molecule has 1 aromatic rings. The summed E-state index contributed by atoms with van der Waals surface area (Å²) < 4.78 is 4.96. The summed E-state index contributed by atoms with van der Waals surface area (Å²) in [7, 11) is 5.42. The van der Waals surface area contributed by atoms with E-state index in [0.29, 0.717) is 0 Å². The molecule has 3 heteroatoms. The lowest BCUT2D eigenvalue weighted by molar-refractivity contribution is -0.154. The van der Waals surface area contributed by atoms with Gasteiger partial charge in [0.05, 0.1) is 12.5 Å². The van der Waals surface area contributed by atoms with Crippen LogP contribution in [0.15, 0.2) is 18.2 Å². The van der Waals surface area contributed by atoms with Crippen LogP contribution in [0.5, 0.6) is 0 Å². The molecule has 1 atom stereocenters. The lowest BCUT2D eigenvalue weighted by Gasteiger charge is -2.37. The van der Waals surface area contributed by atoms with Gasteiger partial charge in [0.15, 0.2) is 0 Å². The van der Waals surface area contributed by atoms with Gasteiger partial charge in [0.1, 0.15) is 0 Å². The van der Waals surface area contributed by atoms with Gasteiger partial charge in [-0.1, -0.05) is 18.2 Å². The molecule has 1 rings (SSSR count). The first-order valence-corrected chi connectivity index (χ1v) is 6.53. The molecule has 0 aromatic heterocycles. The van der Waals surface area contributed by atoms with E-state index in [2.05, 4.69) is 36.9 Å². The summed E-state index contributed by atoms with van der Waals surface area (Å²) in [5, 5.41) is 0. The van der Waals surface area contributed by atoms with Gasteiger partial charge in [0, 0.05) is 6.04 Å². The van der Waals surface area contributed by atoms with Crippen molar-refractivity contribution in [2.24, 2.45) is 5.41 Å². The molecule has 0 spiro atoms. The van der Waals surface area contributed by atoms with Gasteiger partial charge in [0.2, 0.25) is 0 Å². The van der Waals surface area contributed by atoms with Crippen LogP contribution in [0.4, 0.5) is 0 Å². The molecule has 0 N–H and O–H groups in total. The van der Waals surface area contributed by atoms with Crippen molar-refractivity contribution in [2.45, 2.75) is 33.7 Å². The Bertz CT molecular complexity index is 464. The predicted molar refractivity (Wildman–Crippen MR) is 78.1 cm³/mol. The van der Waals surface area contributed by atoms with Crippen molar-refractivity contribution in [2.75, 3.05) is 21.2 Å². The normalized spacial score (nSPS) is 13.5. The zero-order chi connectivity index (χ0) is 14.8. The van der Waals surface area contributed by atoms with Gasteiger partial charge in [-0.2, -0.15) is 0 Å². The third-order valence-electron chi connectivity index (χ3n) is 3.76. The molecule has 0 saturated carbocycles. The Hall–Kier alpha value is -1.35. The van der Waals surface area contributed by atoms with Crippen LogP contribution in [0.3, 0.4) is 0 Å². The predicted octanol–water partition coefficient (Wildman–Crippen LogP) is 3.11. The van der Waals surface area contributed by atoms with E-state index in [9.17, 15) is 4.79 Å². The number of ether oxygens (including phenoxy) is 1. The number of benzene rings is 1. The number of esters is 1. The highest BCUT2D eigenvalue weighted by Gasteiger charge is 2.40. The summed E-state index contributed by atoms with van der Waals surface area (Å²) in [6, 6.07) is 6.34. The Morgan fingerprint density at radius 2 is 1.79 bits per heavy atom. The minimum Gasteiger partial charge on any atom is -0.469 e. The van der Waals surface area contributed by atoms with E-state index in [-0.39, 0.29) is 12.0 Å². The molecular formula is C16H25NO2. The molecule has 1 unspecified atom stereocenters. The van der Waals surface area contributed by atoms with Crippen molar-refractivity contribution in [1.29, 1.82) is 0 Å². The van der Waals surface area contributed by atoms with Crippen LogP contribution in [0.1, 0.15) is 36.6 Å². The zero-order valence-electron chi connectivity index (χ0n) is 13.1. The molecule has 3 nitrogen and oxygen atoms in total. The quantitative estimate of drug-likeness (QED) is 0.782. The van der Waals surface area contributed by atoms with Crippen LogP contribution >= 0.6 is 0 Å². The van der Waals surface area contributed by atoms with E-state index in [1.807, 2.05) is 27.9 Å². The third kappa shape index (κ3) is 3.16. The molecule has 0 fully saturated rings. The molecule has 0 saturated heterocycles. The standard InChI is InChI=1S/C16H25NO2/c1-11-8-9-13(10-12(11)2)14(17(5)6)16(3,4)15(18)19-7/h8-10,14H,1-7H3. The molecule has 0 heterocycles. The van der Waals surface area contributed by atoms with Gasteiger partial charge in [0.25, 0.3) is 0 Å². The van der Waals surface area contributed by atoms with Crippen LogP contribution in [0.25, 0.3) is 0 Å². The second-order valence-electron chi connectivity index (χ2n) is 5.92. The SMILES string of the molecule is COC(=O)C(C)(C)C(c1ccc(C)c(C)c1)N(C)C. The van der Waals surface area contributed by atoms with Crippen LogP contribution in [0.2, 0.25) is 0 Å². The summed E-state index contributed by atoms with van der Waals surface area (Å²) in [6.45, 7) is 8.04. The molecule has 0 radical (unpaired) electrons. The average molecular weight is 263 g/mol. The number of carbonyl (C=O) groups excluding carboxylic acids is 1. The number of aryl methyl sites for hydroxylation is 2. The first kappa shape index (κ1) is 15.7. The fourth-order valence-electron chi connectivity index (χ4n) is 2.67. The highest BCUT2D eigenvalue weighted by Crippen LogP contribution is 2.38. The van der Waals surface area contributed by atoms with Gasteiger partial charge in [-0.25, -0.2) is 0 Å². The van der Waals surface area contributed by atoms with Crippen molar-refractivity contribution >= 4 is 5.97 Å².